The van der Waals surface area contributed by atoms with Crippen molar-refractivity contribution in [3.8, 4) is 0 Å². The summed E-state index contributed by atoms with van der Waals surface area (Å²) in [6, 6.07) is 0. The zero-order chi connectivity index (χ0) is 6.78. The third-order valence-corrected chi connectivity index (χ3v) is 2.00. The summed E-state index contributed by atoms with van der Waals surface area (Å²) in [5, 5.41) is -0.779. The Bertz CT molecular complexity index is 138. The van der Waals surface area contributed by atoms with Gasteiger partial charge in [0, 0.05) is 0 Å². The lowest BCUT2D eigenvalue weighted by atomic mass is 10.9. The van der Waals surface area contributed by atoms with E-state index in [4.69, 9.17) is 34.1 Å². The quantitative estimate of drug-likeness (QED) is 0.501. The van der Waals surface area contributed by atoms with Gasteiger partial charge in [-0.3, -0.25) is 9.36 Å². The fourth-order valence-electron chi connectivity index (χ4n) is 0.145. The van der Waals surface area contributed by atoms with Crippen LogP contribution in [0.5, 0.6) is 0 Å². The van der Waals surface area contributed by atoms with Crippen molar-refractivity contribution in [2.45, 2.75) is 0 Å². The summed E-state index contributed by atoms with van der Waals surface area (Å²) < 4.78 is 10.3. The van der Waals surface area contributed by atoms with Gasteiger partial charge in [-0.05, 0) is 34.1 Å². The van der Waals surface area contributed by atoms with E-state index in [1.54, 1.807) is 0 Å². The third-order valence-electron chi connectivity index (χ3n) is 0.308. The second kappa shape index (κ2) is 3.07. The van der Waals surface area contributed by atoms with Gasteiger partial charge < -0.3 is 0 Å². The van der Waals surface area contributed by atoms with Gasteiger partial charge in [0.05, 0.1) is 0 Å². The minimum absolute atomic E-state index is 0.461. The predicted molar refractivity (Wildman–Crippen MR) is 35.0 cm³/mol. The standard InChI is InChI=1S/C2H2Cl3O2P/c3-2(6)1-8(4,5)7/h1H2. The Hall–Kier alpha value is 0.770. The Morgan fingerprint density at radius 2 is 1.88 bits per heavy atom. The molecular weight excluding hydrogens is 193 g/mol. The number of carbonyl (C=O) groups is 1. The summed E-state index contributed by atoms with van der Waals surface area (Å²) >= 11 is 14.7. The molecule has 48 valence electrons. The molecule has 0 fully saturated rings. The number of rotatable bonds is 2. The average Bonchev–Trinajstić information content (AvgIpc) is 1.21. The number of carbonyl (C=O) groups excluding carboxylic acids is 1. The summed E-state index contributed by atoms with van der Waals surface area (Å²) in [7, 11) is 0. The topological polar surface area (TPSA) is 34.1 Å². The first kappa shape index (κ1) is 8.77. The van der Waals surface area contributed by atoms with Gasteiger partial charge in [0.25, 0.3) is 5.85 Å². The molecule has 0 saturated carbocycles. The first-order valence-electron chi connectivity index (χ1n) is 1.58. The molecule has 6 heteroatoms. The third kappa shape index (κ3) is 6.77. The lowest BCUT2D eigenvalue weighted by Crippen LogP contribution is -1.88. The van der Waals surface area contributed by atoms with Crippen molar-refractivity contribution in [1.82, 2.24) is 0 Å². The van der Waals surface area contributed by atoms with E-state index < -0.39 is 17.3 Å². The summed E-state index contributed by atoms with van der Waals surface area (Å²) in [6.45, 7) is 0. The maximum absolute atomic E-state index is 10.3. The molecule has 8 heavy (non-hydrogen) atoms. The summed E-state index contributed by atoms with van der Waals surface area (Å²) in [6.07, 6.45) is -0.461. The molecule has 0 aliphatic rings. The van der Waals surface area contributed by atoms with Gasteiger partial charge in [-0.25, -0.2) is 0 Å². The van der Waals surface area contributed by atoms with Crippen molar-refractivity contribution < 1.29 is 9.36 Å². The largest absolute Gasteiger partial charge is 0.289 e. The van der Waals surface area contributed by atoms with Gasteiger partial charge >= 0.3 is 0 Å². The highest BCUT2D eigenvalue weighted by molar-refractivity contribution is 8.09. The number of hydrogen-bond donors (Lipinski definition) is 0. The molecule has 0 unspecified atom stereocenters. The molecule has 0 aromatic rings. The van der Waals surface area contributed by atoms with Crippen molar-refractivity contribution >= 4 is 45.2 Å². The van der Waals surface area contributed by atoms with Crippen LogP contribution in [-0.4, -0.2) is 11.4 Å². The van der Waals surface area contributed by atoms with Crippen molar-refractivity contribution in [2.24, 2.45) is 0 Å². The maximum atomic E-state index is 10.3. The number of hydrogen-bond acceptors (Lipinski definition) is 2. The monoisotopic (exact) mass is 194 g/mol. The van der Waals surface area contributed by atoms with E-state index in [0.717, 1.165) is 0 Å². The van der Waals surface area contributed by atoms with Crippen LogP contribution in [0, 0.1) is 0 Å². The summed E-state index contributed by atoms with van der Waals surface area (Å²) in [5.74, 6) is -3.26. The van der Waals surface area contributed by atoms with E-state index in [-0.39, 0.29) is 0 Å². The second-order valence-electron chi connectivity index (χ2n) is 1.08. The molecule has 0 aliphatic carbocycles. The molecule has 0 atom stereocenters. The zero-order valence-electron chi connectivity index (χ0n) is 3.60. The molecule has 2 nitrogen and oxygen atoms in total. The molecule has 0 rings (SSSR count). The molecule has 0 heterocycles. The normalized spacial score (nSPS) is 11.4. The molecule has 0 bridgehead atoms. The molecule has 0 amide bonds. The molecule has 0 aromatic heterocycles. The van der Waals surface area contributed by atoms with E-state index in [0.29, 0.717) is 0 Å². The lowest BCUT2D eigenvalue weighted by Gasteiger charge is -1.91. The van der Waals surface area contributed by atoms with Gasteiger partial charge in [-0.15, -0.1) is 0 Å². The highest BCUT2D eigenvalue weighted by atomic mass is 35.9. The van der Waals surface area contributed by atoms with Gasteiger partial charge in [-0.1, -0.05) is 0 Å². The van der Waals surface area contributed by atoms with Crippen LogP contribution in [0.1, 0.15) is 0 Å². The Morgan fingerprint density at radius 1 is 1.50 bits per heavy atom. The van der Waals surface area contributed by atoms with Gasteiger partial charge in [0.2, 0.25) is 5.24 Å². The van der Waals surface area contributed by atoms with Crippen LogP contribution in [0.4, 0.5) is 0 Å². The number of halogens is 3. The second-order valence-corrected chi connectivity index (χ2v) is 6.76. The fourth-order valence-corrected chi connectivity index (χ4v) is 1.96. The van der Waals surface area contributed by atoms with Crippen LogP contribution in [0.2, 0.25) is 0 Å². The summed E-state index contributed by atoms with van der Waals surface area (Å²) in [5.41, 5.74) is 0. The smallest absolute Gasteiger partial charge is 0.261 e. The maximum Gasteiger partial charge on any atom is 0.261 e. The van der Waals surface area contributed by atoms with Crippen molar-refractivity contribution in [1.29, 1.82) is 0 Å². The molecular formula is C2H2Cl3O2P. The van der Waals surface area contributed by atoms with Crippen molar-refractivity contribution in [3.63, 3.8) is 0 Å². The lowest BCUT2D eigenvalue weighted by molar-refractivity contribution is -0.109. The average molecular weight is 195 g/mol. The van der Waals surface area contributed by atoms with Gasteiger partial charge in [0.15, 0.2) is 0 Å². The first-order valence-corrected chi connectivity index (χ1v) is 5.66. The summed E-state index contributed by atoms with van der Waals surface area (Å²) in [4.78, 5) is 9.88. The molecule has 0 aliphatic heterocycles. The van der Waals surface area contributed by atoms with E-state index in [1.165, 1.54) is 0 Å². The molecule has 0 saturated heterocycles. The van der Waals surface area contributed by atoms with Crippen LogP contribution < -0.4 is 0 Å². The highest BCUT2D eigenvalue weighted by Gasteiger charge is 2.16. The van der Waals surface area contributed by atoms with E-state index in [2.05, 4.69) is 0 Å². The fraction of sp³-hybridized carbons (Fsp3) is 0.500. The minimum atomic E-state index is -3.26. The zero-order valence-corrected chi connectivity index (χ0v) is 6.77. The molecule has 0 aromatic carbocycles. The van der Waals surface area contributed by atoms with Gasteiger partial charge in [-0.2, -0.15) is 0 Å². The van der Waals surface area contributed by atoms with Gasteiger partial charge in [0.1, 0.15) is 6.16 Å². The SMILES string of the molecule is O=C(Cl)CP(=O)(Cl)Cl. The van der Waals surface area contributed by atoms with Crippen molar-refractivity contribution in [3.05, 3.63) is 0 Å². The Kier molecular flexibility index (Phi) is 3.37. The Balaban J connectivity index is 3.74. The van der Waals surface area contributed by atoms with Crippen molar-refractivity contribution in [2.75, 3.05) is 6.16 Å². The van der Waals surface area contributed by atoms with E-state index in [1.807, 2.05) is 0 Å². The van der Waals surface area contributed by atoms with Crippen LogP contribution >= 0.6 is 39.9 Å². The van der Waals surface area contributed by atoms with E-state index in [9.17, 15) is 9.36 Å². The van der Waals surface area contributed by atoms with Crippen LogP contribution in [0.15, 0.2) is 0 Å². The molecule has 0 spiro atoms. The first-order chi connectivity index (χ1) is 3.42. The molecule has 0 radical (unpaired) electrons. The Morgan fingerprint density at radius 3 is 1.88 bits per heavy atom. The molecule has 0 N–H and O–H groups in total. The minimum Gasteiger partial charge on any atom is -0.289 e. The van der Waals surface area contributed by atoms with Crippen LogP contribution in [0.3, 0.4) is 0 Å². The Labute approximate surface area is 61.0 Å². The van der Waals surface area contributed by atoms with Crippen LogP contribution in [0.25, 0.3) is 0 Å². The highest BCUT2D eigenvalue weighted by Crippen LogP contribution is 2.56. The predicted octanol–water partition coefficient (Wildman–Crippen LogP) is 2.42. The van der Waals surface area contributed by atoms with Crippen LogP contribution in [-0.2, 0) is 9.36 Å². The van der Waals surface area contributed by atoms with E-state index >= 15 is 0 Å².